The molecule has 1 rings (SSSR count). The Kier molecular flexibility index (Phi) is 6.64. The monoisotopic (exact) mass is 299 g/mol. The summed E-state index contributed by atoms with van der Waals surface area (Å²) < 4.78 is 43.8. The molecule has 0 heterocycles. The molecule has 0 saturated carbocycles. The lowest BCUT2D eigenvalue weighted by molar-refractivity contribution is -0.274. The lowest BCUT2D eigenvalue weighted by atomic mass is 10.1. The average Bonchev–Trinajstić information content (AvgIpc) is 2.28. The number of rotatable bonds is 4. The molecule has 2 N–H and O–H groups in total. The summed E-state index contributed by atoms with van der Waals surface area (Å²) in [4.78, 5) is 11.1. The first kappa shape index (κ1) is 17.5. The Hall–Kier alpha value is -1.47. The van der Waals surface area contributed by atoms with Crippen molar-refractivity contribution in [2.45, 2.75) is 18.8 Å². The van der Waals surface area contributed by atoms with E-state index in [4.69, 9.17) is 5.73 Å². The number of benzene rings is 1. The number of methoxy groups -OCH3 is 1. The third-order valence-corrected chi connectivity index (χ3v) is 2.12. The Morgan fingerprint density at radius 1 is 1.32 bits per heavy atom. The molecule has 0 amide bonds. The Balaban J connectivity index is 0.00000324. The molecule has 1 aromatic rings. The van der Waals surface area contributed by atoms with Gasteiger partial charge in [0.25, 0.3) is 0 Å². The minimum atomic E-state index is -4.72. The number of ether oxygens (including phenoxy) is 2. The molecule has 108 valence electrons. The number of nitrogens with two attached hydrogens (primary N) is 1. The first-order chi connectivity index (χ1) is 8.31. The van der Waals surface area contributed by atoms with Gasteiger partial charge in [-0.15, -0.1) is 25.6 Å². The highest BCUT2D eigenvalue weighted by Gasteiger charge is 2.30. The van der Waals surface area contributed by atoms with Crippen LogP contribution in [-0.2, 0) is 16.0 Å². The molecular formula is C11H13ClF3NO3. The van der Waals surface area contributed by atoms with Gasteiger partial charge < -0.3 is 15.2 Å². The van der Waals surface area contributed by atoms with Gasteiger partial charge in [-0.25, -0.2) is 0 Å². The van der Waals surface area contributed by atoms with E-state index in [9.17, 15) is 18.0 Å². The number of alkyl halides is 3. The van der Waals surface area contributed by atoms with Crippen LogP contribution in [0.5, 0.6) is 5.75 Å². The average molecular weight is 300 g/mol. The van der Waals surface area contributed by atoms with Crippen LogP contribution in [0.15, 0.2) is 24.3 Å². The number of halogens is 4. The molecule has 0 fully saturated rings. The van der Waals surface area contributed by atoms with Crippen molar-refractivity contribution in [3.05, 3.63) is 29.8 Å². The standard InChI is InChI=1S/C11H12F3NO3.ClH/c1-17-10(16)9(15)6-7-2-4-8(5-3-7)18-11(12,13)14;/h2-5,9H,6,15H2,1H3;1H/t9-;/m0./s1. The van der Waals surface area contributed by atoms with Crippen molar-refractivity contribution in [2.75, 3.05) is 7.11 Å². The number of esters is 1. The molecular weight excluding hydrogens is 287 g/mol. The fourth-order valence-electron chi connectivity index (χ4n) is 1.32. The van der Waals surface area contributed by atoms with Crippen molar-refractivity contribution in [1.29, 1.82) is 0 Å². The molecule has 0 saturated heterocycles. The lowest BCUT2D eigenvalue weighted by Gasteiger charge is -2.11. The van der Waals surface area contributed by atoms with Gasteiger partial charge in [-0.3, -0.25) is 4.79 Å². The summed E-state index contributed by atoms with van der Waals surface area (Å²) in [6.07, 6.45) is -4.54. The summed E-state index contributed by atoms with van der Waals surface area (Å²) in [5.74, 6) is -0.900. The van der Waals surface area contributed by atoms with Crippen LogP contribution < -0.4 is 10.5 Å². The van der Waals surface area contributed by atoms with Crippen LogP contribution in [-0.4, -0.2) is 25.5 Å². The van der Waals surface area contributed by atoms with Crippen molar-refractivity contribution in [3.8, 4) is 5.75 Å². The highest BCUT2D eigenvalue weighted by molar-refractivity contribution is 5.85. The molecule has 1 atom stereocenters. The molecule has 0 spiro atoms. The molecule has 4 nitrogen and oxygen atoms in total. The van der Waals surface area contributed by atoms with E-state index < -0.39 is 18.4 Å². The fraction of sp³-hybridized carbons (Fsp3) is 0.364. The van der Waals surface area contributed by atoms with Crippen LogP contribution in [0.1, 0.15) is 5.56 Å². The maximum Gasteiger partial charge on any atom is 0.573 e. The predicted molar refractivity (Wildman–Crippen MR) is 64.1 cm³/mol. The van der Waals surface area contributed by atoms with Crippen LogP contribution in [0.2, 0.25) is 0 Å². The van der Waals surface area contributed by atoms with Gasteiger partial charge >= 0.3 is 12.3 Å². The first-order valence-electron chi connectivity index (χ1n) is 5.00. The van der Waals surface area contributed by atoms with Gasteiger partial charge in [-0.1, -0.05) is 12.1 Å². The van der Waals surface area contributed by atoms with Crippen LogP contribution in [0.25, 0.3) is 0 Å². The quantitative estimate of drug-likeness (QED) is 0.864. The Morgan fingerprint density at radius 2 is 1.84 bits per heavy atom. The normalized spacial score (nSPS) is 12.3. The highest BCUT2D eigenvalue weighted by Crippen LogP contribution is 2.22. The topological polar surface area (TPSA) is 61.5 Å². The van der Waals surface area contributed by atoms with Crippen molar-refractivity contribution >= 4 is 18.4 Å². The number of carbonyl (C=O) groups excluding carboxylic acids is 1. The second-order valence-corrected chi connectivity index (χ2v) is 3.53. The SMILES string of the molecule is COC(=O)[C@@H](N)Cc1ccc(OC(F)(F)F)cc1.Cl. The highest BCUT2D eigenvalue weighted by atomic mass is 35.5. The maximum absolute atomic E-state index is 11.9. The van der Waals surface area contributed by atoms with Gasteiger partial charge in [0.05, 0.1) is 7.11 Å². The van der Waals surface area contributed by atoms with Crippen LogP contribution in [0.3, 0.4) is 0 Å². The second kappa shape index (κ2) is 7.20. The van der Waals surface area contributed by atoms with Gasteiger partial charge in [0.2, 0.25) is 0 Å². The van der Waals surface area contributed by atoms with Gasteiger partial charge in [0.1, 0.15) is 11.8 Å². The molecule has 8 heteroatoms. The predicted octanol–water partition coefficient (Wildman–Crippen LogP) is 2.05. The van der Waals surface area contributed by atoms with E-state index in [0.717, 1.165) is 12.1 Å². The van der Waals surface area contributed by atoms with E-state index in [2.05, 4.69) is 9.47 Å². The third kappa shape index (κ3) is 6.30. The van der Waals surface area contributed by atoms with Gasteiger partial charge in [-0.2, -0.15) is 0 Å². The molecule has 0 aliphatic rings. The van der Waals surface area contributed by atoms with E-state index >= 15 is 0 Å². The zero-order chi connectivity index (χ0) is 13.8. The van der Waals surface area contributed by atoms with Crippen LogP contribution in [0.4, 0.5) is 13.2 Å². The Morgan fingerprint density at radius 3 is 2.26 bits per heavy atom. The smallest absolute Gasteiger partial charge is 0.468 e. The summed E-state index contributed by atoms with van der Waals surface area (Å²) in [5, 5.41) is 0. The molecule has 0 aliphatic carbocycles. The van der Waals surface area contributed by atoms with E-state index in [1.165, 1.54) is 19.2 Å². The van der Waals surface area contributed by atoms with Crippen LogP contribution >= 0.6 is 12.4 Å². The number of carbonyl (C=O) groups is 1. The van der Waals surface area contributed by atoms with Crippen molar-refractivity contribution in [3.63, 3.8) is 0 Å². The third-order valence-electron chi connectivity index (χ3n) is 2.12. The number of hydrogen-bond donors (Lipinski definition) is 1. The molecule has 0 bridgehead atoms. The molecule has 0 unspecified atom stereocenters. The molecule has 1 aromatic carbocycles. The summed E-state index contributed by atoms with van der Waals surface area (Å²) in [6, 6.07) is 4.29. The van der Waals surface area contributed by atoms with E-state index in [1.54, 1.807) is 0 Å². The molecule has 0 radical (unpaired) electrons. The molecule has 0 aliphatic heterocycles. The summed E-state index contributed by atoms with van der Waals surface area (Å²) in [7, 11) is 1.21. The summed E-state index contributed by atoms with van der Waals surface area (Å²) >= 11 is 0. The molecule has 19 heavy (non-hydrogen) atoms. The van der Waals surface area contributed by atoms with Gasteiger partial charge in [-0.05, 0) is 24.1 Å². The summed E-state index contributed by atoms with van der Waals surface area (Å²) in [5.41, 5.74) is 6.13. The van der Waals surface area contributed by atoms with Crippen molar-refractivity contribution in [2.24, 2.45) is 5.73 Å². The zero-order valence-electron chi connectivity index (χ0n) is 9.94. The maximum atomic E-state index is 11.9. The second-order valence-electron chi connectivity index (χ2n) is 3.53. The Bertz CT molecular complexity index is 409. The first-order valence-corrected chi connectivity index (χ1v) is 5.00. The Labute approximate surface area is 114 Å². The van der Waals surface area contributed by atoms with Gasteiger partial charge in [0.15, 0.2) is 0 Å². The van der Waals surface area contributed by atoms with E-state index in [1.807, 2.05) is 0 Å². The van der Waals surface area contributed by atoms with Gasteiger partial charge in [0, 0.05) is 0 Å². The van der Waals surface area contributed by atoms with E-state index in [-0.39, 0.29) is 24.6 Å². The van der Waals surface area contributed by atoms with Crippen LogP contribution in [0, 0.1) is 0 Å². The fourth-order valence-corrected chi connectivity index (χ4v) is 1.32. The van der Waals surface area contributed by atoms with Crippen molar-refractivity contribution < 1.29 is 27.4 Å². The van der Waals surface area contributed by atoms with Crippen molar-refractivity contribution in [1.82, 2.24) is 0 Å². The lowest BCUT2D eigenvalue weighted by Crippen LogP contribution is -2.33. The zero-order valence-corrected chi connectivity index (χ0v) is 10.8. The van der Waals surface area contributed by atoms with E-state index in [0.29, 0.717) is 5.56 Å². The minimum absolute atomic E-state index is 0. The largest absolute Gasteiger partial charge is 0.573 e. The number of hydrogen-bond acceptors (Lipinski definition) is 4. The minimum Gasteiger partial charge on any atom is -0.468 e. The summed E-state index contributed by atoms with van der Waals surface area (Å²) in [6.45, 7) is 0. The molecule has 0 aromatic heterocycles.